The summed E-state index contributed by atoms with van der Waals surface area (Å²) in [6, 6.07) is 0. The van der Waals surface area contributed by atoms with Crippen molar-refractivity contribution in [2.24, 2.45) is 0 Å². The Hall–Kier alpha value is -0.890. The van der Waals surface area contributed by atoms with Gasteiger partial charge in [0.25, 0.3) is 0 Å². The maximum atomic E-state index is 13.8. The number of benzene rings is 2. The molecule has 0 aromatic heterocycles. The molecule has 2 aromatic carbocycles. The molecule has 0 unspecified atom stereocenters. The van der Waals surface area contributed by atoms with E-state index >= 15 is 0 Å². The Kier molecular flexibility index (Phi) is 5.46. The van der Waals surface area contributed by atoms with E-state index in [0.29, 0.717) is 0 Å². The van der Waals surface area contributed by atoms with Gasteiger partial charge in [-0.2, -0.15) is 0 Å². The van der Waals surface area contributed by atoms with Crippen LogP contribution >= 0.6 is 17.9 Å². The molecule has 0 atom stereocenters. The van der Waals surface area contributed by atoms with Crippen LogP contribution in [0.25, 0.3) is 0 Å². The Balaban J connectivity index is 2.96. The molecule has 0 aliphatic carbocycles. The van der Waals surface area contributed by atoms with Gasteiger partial charge in [0.1, 0.15) is 0 Å². The van der Waals surface area contributed by atoms with Crippen molar-refractivity contribution >= 4 is 41.1 Å². The molecule has 25 heavy (non-hydrogen) atoms. The van der Waals surface area contributed by atoms with E-state index in [2.05, 4.69) is 0 Å². The second-order valence-corrected chi connectivity index (χ2v) is 16.5. The summed E-state index contributed by atoms with van der Waals surface area (Å²) in [7, 11) is 11.0. The average molecular weight is 533 g/mol. The van der Waals surface area contributed by atoms with Gasteiger partial charge >= 0.3 is 143 Å². The molecule has 0 heterocycles. The van der Waals surface area contributed by atoms with Crippen molar-refractivity contribution in [3.63, 3.8) is 0 Å². The zero-order chi connectivity index (χ0) is 19.4. The average Bonchev–Trinajstić information content (AvgIpc) is 2.54. The van der Waals surface area contributed by atoms with Gasteiger partial charge in [-0.1, -0.05) is 0 Å². The SMILES string of the molecule is Fc1c(F)c(F)c([Te](Cl)(Cl)c2c(F)c(F)c(F)c(F)c2F)c(F)c1F. The van der Waals surface area contributed by atoms with Crippen LogP contribution in [0.3, 0.4) is 0 Å². The van der Waals surface area contributed by atoms with Gasteiger partial charge in [0, 0.05) is 0 Å². The minimum atomic E-state index is -6.32. The van der Waals surface area contributed by atoms with Crippen molar-refractivity contribution in [2.75, 3.05) is 0 Å². The van der Waals surface area contributed by atoms with Crippen LogP contribution in [0.4, 0.5) is 43.9 Å². The maximum absolute atomic E-state index is 13.8. The Morgan fingerprint density at radius 3 is 0.720 bits per heavy atom. The molecule has 0 aliphatic heterocycles. The van der Waals surface area contributed by atoms with Crippen LogP contribution in [0.15, 0.2) is 0 Å². The van der Waals surface area contributed by atoms with E-state index in [-0.39, 0.29) is 0 Å². The fraction of sp³-hybridized carbons (Fsp3) is 0. The van der Waals surface area contributed by atoms with Gasteiger partial charge in [-0.3, -0.25) is 0 Å². The fourth-order valence-electron chi connectivity index (χ4n) is 1.72. The first-order chi connectivity index (χ1) is 11.4. The van der Waals surface area contributed by atoms with Crippen molar-refractivity contribution in [3.8, 4) is 0 Å². The van der Waals surface area contributed by atoms with E-state index in [0.717, 1.165) is 0 Å². The predicted octanol–water partition coefficient (Wildman–Crippen LogP) is 4.11. The number of hydrogen-bond donors (Lipinski definition) is 0. The second-order valence-electron chi connectivity index (χ2n) is 4.27. The van der Waals surface area contributed by atoms with Crippen molar-refractivity contribution < 1.29 is 43.9 Å². The topological polar surface area (TPSA) is 0 Å². The summed E-state index contributed by atoms with van der Waals surface area (Å²) in [5.41, 5.74) is 0. The summed E-state index contributed by atoms with van der Waals surface area (Å²) in [6.45, 7) is 0. The van der Waals surface area contributed by atoms with Crippen LogP contribution in [0.2, 0.25) is 0 Å². The second kappa shape index (κ2) is 6.68. The monoisotopic (exact) mass is 534 g/mol. The molecule has 0 saturated heterocycles. The zero-order valence-electron chi connectivity index (χ0n) is 10.9. The molecule has 2 aromatic rings. The van der Waals surface area contributed by atoms with E-state index in [4.69, 9.17) is 17.9 Å². The number of hydrogen-bond acceptors (Lipinski definition) is 0. The molecular weight excluding hydrogens is 533 g/mol. The number of rotatable bonds is 2. The predicted molar refractivity (Wildman–Crippen MR) is 69.2 cm³/mol. The van der Waals surface area contributed by atoms with Crippen molar-refractivity contribution in [1.29, 1.82) is 0 Å². The van der Waals surface area contributed by atoms with E-state index in [1.165, 1.54) is 0 Å². The van der Waals surface area contributed by atoms with Crippen LogP contribution in [0.1, 0.15) is 0 Å². The summed E-state index contributed by atoms with van der Waals surface area (Å²) < 4.78 is 130. The molecule has 0 spiro atoms. The first-order valence-electron chi connectivity index (χ1n) is 5.61. The molecule has 138 valence electrons. The van der Waals surface area contributed by atoms with Gasteiger partial charge in [0.2, 0.25) is 0 Å². The summed E-state index contributed by atoms with van der Waals surface area (Å²) >= 11 is -6.32. The molecule has 0 radical (unpaired) electrons. The Morgan fingerprint density at radius 2 is 0.520 bits per heavy atom. The molecule has 0 bridgehead atoms. The van der Waals surface area contributed by atoms with Gasteiger partial charge < -0.3 is 0 Å². The minimum absolute atomic E-state index is 2.02. The van der Waals surface area contributed by atoms with Crippen LogP contribution in [-0.4, -0.2) is 15.9 Å². The standard InChI is InChI=1S/C12Cl2F10Te/c13-25(14,11-7(21)3(17)1(15)4(18)8(11)22)12-9(23)5(19)2(16)6(20)10(12)24. The molecule has 2 rings (SSSR count). The van der Waals surface area contributed by atoms with Gasteiger partial charge in [-0.05, 0) is 0 Å². The molecule has 0 fully saturated rings. The molecule has 0 saturated carbocycles. The van der Waals surface area contributed by atoms with E-state index in [1.54, 1.807) is 0 Å². The van der Waals surface area contributed by atoms with E-state index in [1.807, 2.05) is 0 Å². The van der Waals surface area contributed by atoms with Gasteiger partial charge in [-0.15, -0.1) is 0 Å². The summed E-state index contributed by atoms with van der Waals surface area (Å²) in [5.74, 6) is -26.0. The van der Waals surface area contributed by atoms with Crippen LogP contribution < -0.4 is 7.22 Å². The molecule has 0 aliphatic rings. The molecule has 0 nitrogen and oxygen atoms in total. The van der Waals surface area contributed by atoms with E-state index < -0.39 is 81.3 Å². The summed E-state index contributed by atoms with van der Waals surface area (Å²) in [4.78, 5) is 0. The molecule has 0 amide bonds. The first kappa shape index (κ1) is 20.4. The summed E-state index contributed by atoms with van der Waals surface area (Å²) in [5, 5.41) is 0. The third-order valence-corrected chi connectivity index (χ3v) is 12.0. The van der Waals surface area contributed by atoms with Crippen molar-refractivity contribution in [3.05, 3.63) is 58.2 Å². The molecule has 13 heteroatoms. The van der Waals surface area contributed by atoms with Gasteiger partial charge in [0.05, 0.1) is 0 Å². The third kappa shape index (κ3) is 2.95. The van der Waals surface area contributed by atoms with Gasteiger partial charge in [0.15, 0.2) is 0 Å². The Bertz CT molecular complexity index is 769. The van der Waals surface area contributed by atoms with Crippen LogP contribution in [-0.2, 0) is 0 Å². The quantitative estimate of drug-likeness (QED) is 0.236. The van der Waals surface area contributed by atoms with Gasteiger partial charge in [-0.25, -0.2) is 0 Å². The number of halogens is 12. The Labute approximate surface area is 143 Å². The molecular formula is C12Cl2F10Te. The van der Waals surface area contributed by atoms with Crippen molar-refractivity contribution in [1.82, 2.24) is 0 Å². The van der Waals surface area contributed by atoms with Crippen LogP contribution in [0.5, 0.6) is 0 Å². The normalized spacial score (nSPS) is 12.6. The molecule has 0 N–H and O–H groups in total. The first-order valence-corrected chi connectivity index (χ1v) is 13.8. The summed E-state index contributed by atoms with van der Waals surface area (Å²) in [6.07, 6.45) is 0. The fourth-order valence-corrected chi connectivity index (χ4v) is 9.53. The third-order valence-electron chi connectivity index (χ3n) is 2.85. The van der Waals surface area contributed by atoms with Crippen LogP contribution in [0, 0.1) is 58.2 Å². The zero-order valence-corrected chi connectivity index (χ0v) is 14.8. The van der Waals surface area contributed by atoms with Crippen molar-refractivity contribution in [2.45, 2.75) is 0 Å². The van der Waals surface area contributed by atoms with E-state index in [9.17, 15) is 43.9 Å². The Morgan fingerprint density at radius 1 is 0.360 bits per heavy atom.